The Balaban J connectivity index is 1.79. The highest BCUT2D eigenvalue weighted by atomic mass is 32.1. The molecule has 1 aromatic heterocycles. The van der Waals surface area contributed by atoms with Gasteiger partial charge in [-0.3, -0.25) is 4.79 Å². The van der Waals surface area contributed by atoms with Crippen LogP contribution in [0.1, 0.15) is 25.3 Å². The number of aryl methyl sites for hydroxylation is 1. The lowest BCUT2D eigenvalue weighted by Gasteiger charge is -2.15. The Bertz CT molecular complexity index is 1080. The molecule has 0 spiro atoms. The first-order chi connectivity index (χ1) is 12.7. The number of benzene rings is 2. The number of unbranched alkanes of at least 4 members (excludes halogenated alkanes) is 1. The minimum atomic E-state index is -0.0628. The van der Waals surface area contributed by atoms with Crippen LogP contribution in [0.15, 0.2) is 58.7 Å². The van der Waals surface area contributed by atoms with E-state index in [-0.39, 0.29) is 5.91 Å². The molecule has 0 N–H and O–H groups in total. The quantitative estimate of drug-likeness (QED) is 0.651. The van der Waals surface area contributed by atoms with Crippen LogP contribution in [0.3, 0.4) is 0 Å². The second-order valence-electron chi connectivity index (χ2n) is 6.29. The average molecular weight is 364 g/mol. The summed E-state index contributed by atoms with van der Waals surface area (Å²) >= 11 is 1.57. The lowest BCUT2D eigenvalue weighted by atomic mass is 10.1. The SMILES string of the molecule is CCCCN1C(=O)/C(=N/N=c2\sc3ccccc3n2C)c2ccccc21. The van der Waals surface area contributed by atoms with Gasteiger partial charge in [-0.25, -0.2) is 0 Å². The third-order valence-electron chi connectivity index (χ3n) is 4.58. The summed E-state index contributed by atoms with van der Waals surface area (Å²) in [5.74, 6) is -0.0628. The van der Waals surface area contributed by atoms with Gasteiger partial charge in [0.05, 0.1) is 15.9 Å². The molecule has 0 saturated carbocycles. The van der Waals surface area contributed by atoms with Crippen molar-refractivity contribution in [3.05, 3.63) is 58.9 Å². The van der Waals surface area contributed by atoms with Gasteiger partial charge >= 0.3 is 0 Å². The number of hydrogen-bond acceptors (Lipinski definition) is 4. The van der Waals surface area contributed by atoms with Gasteiger partial charge in [0.1, 0.15) is 0 Å². The van der Waals surface area contributed by atoms with E-state index < -0.39 is 0 Å². The highest BCUT2D eigenvalue weighted by molar-refractivity contribution is 7.16. The van der Waals surface area contributed by atoms with Gasteiger partial charge in [0, 0.05) is 19.2 Å². The van der Waals surface area contributed by atoms with Gasteiger partial charge < -0.3 is 9.47 Å². The summed E-state index contributed by atoms with van der Waals surface area (Å²) in [4.78, 5) is 15.5. The lowest BCUT2D eigenvalue weighted by Crippen LogP contribution is -2.31. The van der Waals surface area contributed by atoms with Crippen LogP contribution in [-0.2, 0) is 11.8 Å². The highest BCUT2D eigenvalue weighted by Crippen LogP contribution is 2.29. The molecule has 1 aliphatic rings. The van der Waals surface area contributed by atoms with E-state index in [2.05, 4.69) is 29.3 Å². The van der Waals surface area contributed by atoms with Crippen LogP contribution < -0.4 is 9.70 Å². The van der Waals surface area contributed by atoms with Gasteiger partial charge in [-0.05, 0) is 24.6 Å². The lowest BCUT2D eigenvalue weighted by molar-refractivity contribution is -0.112. The molecular weight excluding hydrogens is 344 g/mol. The van der Waals surface area contributed by atoms with Gasteiger partial charge in [0.15, 0.2) is 5.71 Å². The predicted octanol–water partition coefficient (Wildman–Crippen LogP) is 3.69. The van der Waals surface area contributed by atoms with E-state index in [0.717, 1.165) is 39.1 Å². The van der Waals surface area contributed by atoms with Crippen LogP contribution in [-0.4, -0.2) is 22.7 Å². The van der Waals surface area contributed by atoms with E-state index in [4.69, 9.17) is 0 Å². The molecule has 0 atom stereocenters. The van der Waals surface area contributed by atoms with Crippen molar-refractivity contribution >= 4 is 38.9 Å². The molecule has 6 heteroatoms. The summed E-state index contributed by atoms with van der Waals surface area (Å²) in [6, 6.07) is 15.9. The van der Waals surface area contributed by atoms with Gasteiger partial charge in [-0.15, -0.1) is 10.2 Å². The smallest absolute Gasteiger partial charge is 0.279 e. The first-order valence-electron chi connectivity index (χ1n) is 8.78. The molecule has 0 fully saturated rings. The van der Waals surface area contributed by atoms with E-state index in [1.807, 2.05) is 52.9 Å². The maximum Gasteiger partial charge on any atom is 0.279 e. The molecule has 0 bridgehead atoms. The summed E-state index contributed by atoms with van der Waals surface area (Å²) in [6.07, 6.45) is 2.01. The van der Waals surface area contributed by atoms with Crippen LogP contribution in [0.2, 0.25) is 0 Å². The van der Waals surface area contributed by atoms with Gasteiger partial charge in [-0.2, -0.15) is 0 Å². The molecule has 1 amide bonds. The summed E-state index contributed by atoms with van der Waals surface area (Å²) in [6.45, 7) is 2.83. The fourth-order valence-corrected chi connectivity index (χ4v) is 4.14. The highest BCUT2D eigenvalue weighted by Gasteiger charge is 2.33. The molecule has 132 valence electrons. The van der Waals surface area contributed by atoms with Crippen LogP contribution in [0.5, 0.6) is 0 Å². The minimum absolute atomic E-state index is 0.0628. The monoisotopic (exact) mass is 364 g/mol. The number of hydrogen-bond donors (Lipinski definition) is 0. The van der Waals surface area contributed by atoms with E-state index in [1.165, 1.54) is 0 Å². The third kappa shape index (κ3) is 2.76. The zero-order valence-corrected chi connectivity index (χ0v) is 15.7. The molecular formula is C20H20N4OS. The number of nitrogens with zero attached hydrogens (tertiary/aromatic N) is 4. The Morgan fingerprint density at radius 1 is 1.04 bits per heavy atom. The summed E-state index contributed by atoms with van der Waals surface area (Å²) in [7, 11) is 1.97. The first kappa shape index (κ1) is 16.7. The summed E-state index contributed by atoms with van der Waals surface area (Å²) in [5.41, 5.74) is 3.33. The molecule has 0 unspecified atom stereocenters. The molecule has 26 heavy (non-hydrogen) atoms. The maximum atomic E-state index is 12.9. The molecule has 1 aliphatic heterocycles. The molecule has 2 aromatic carbocycles. The molecule has 0 aliphatic carbocycles. The van der Waals surface area contributed by atoms with Gasteiger partial charge in [-0.1, -0.05) is 55.0 Å². The van der Waals surface area contributed by atoms with Crippen molar-refractivity contribution in [3.63, 3.8) is 0 Å². The van der Waals surface area contributed by atoms with Crippen molar-refractivity contribution in [1.82, 2.24) is 4.57 Å². The van der Waals surface area contributed by atoms with Crippen molar-refractivity contribution in [3.8, 4) is 0 Å². The number of para-hydroxylation sites is 2. The number of thiazole rings is 1. The number of rotatable bonds is 4. The molecule has 2 heterocycles. The van der Waals surface area contributed by atoms with Gasteiger partial charge in [0.2, 0.25) is 4.80 Å². The second kappa shape index (κ2) is 6.88. The molecule has 0 saturated heterocycles. The number of anilines is 1. The Kier molecular flexibility index (Phi) is 4.42. The number of aromatic nitrogens is 1. The van der Waals surface area contributed by atoms with Crippen molar-refractivity contribution in [2.45, 2.75) is 19.8 Å². The Hall–Kier alpha value is -2.73. The standard InChI is InChI=1S/C20H20N4OS/c1-3-4-13-24-15-10-6-5-9-14(15)18(19(24)25)21-22-20-23(2)16-11-7-8-12-17(16)26-20/h5-12H,3-4,13H2,1-2H3/b21-18+,22-20-. The number of carbonyl (C=O) groups excluding carboxylic acids is 1. The van der Waals surface area contributed by atoms with Crippen LogP contribution in [0.25, 0.3) is 10.2 Å². The zero-order chi connectivity index (χ0) is 18.1. The first-order valence-corrected chi connectivity index (χ1v) is 9.60. The molecule has 4 rings (SSSR count). The van der Waals surface area contributed by atoms with Crippen molar-refractivity contribution in [2.24, 2.45) is 17.3 Å². The topological polar surface area (TPSA) is 50.0 Å². The minimum Gasteiger partial charge on any atom is -0.318 e. The van der Waals surface area contributed by atoms with Crippen molar-refractivity contribution < 1.29 is 4.79 Å². The Morgan fingerprint density at radius 2 is 1.81 bits per heavy atom. The van der Waals surface area contributed by atoms with E-state index >= 15 is 0 Å². The molecule has 3 aromatic rings. The predicted molar refractivity (Wildman–Crippen MR) is 107 cm³/mol. The van der Waals surface area contributed by atoms with Crippen LogP contribution >= 0.6 is 11.3 Å². The van der Waals surface area contributed by atoms with Crippen LogP contribution in [0, 0.1) is 0 Å². The summed E-state index contributed by atoms with van der Waals surface area (Å²) in [5, 5.41) is 8.78. The average Bonchev–Trinajstić information content (AvgIpc) is 3.13. The van der Waals surface area contributed by atoms with Crippen molar-refractivity contribution in [1.29, 1.82) is 0 Å². The largest absolute Gasteiger partial charge is 0.318 e. The van der Waals surface area contributed by atoms with Crippen molar-refractivity contribution in [2.75, 3.05) is 11.4 Å². The fourth-order valence-electron chi connectivity index (χ4n) is 3.17. The van der Waals surface area contributed by atoms with Gasteiger partial charge in [0.25, 0.3) is 5.91 Å². The zero-order valence-electron chi connectivity index (χ0n) is 14.8. The number of fused-ring (bicyclic) bond motifs is 2. The van der Waals surface area contributed by atoms with E-state index in [0.29, 0.717) is 12.3 Å². The maximum absolute atomic E-state index is 12.9. The Labute approximate surface area is 155 Å². The van der Waals surface area contributed by atoms with E-state index in [1.54, 1.807) is 11.3 Å². The number of carbonyl (C=O) groups is 1. The second-order valence-corrected chi connectivity index (χ2v) is 7.30. The molecule has 5 nitrogen and oxygen atoms in total. The molecule has 0 radical (unpaired) electrons. The Morgan fingerprint density at radius 3 is 2.62 bits per heavy atom. The van der Waals surface area contributed by atoms with Crippen LogP contribution in [0.4, 0.5) is 5.69 Å². The summed E-state index contributed by atoms with van der Waals surface area (Å²) < 4.78 is 3.15. The number of amides is 1. The van der Waals surface area contributed by atoms with E-state index in [9.17, 15) is 4.79 Å². The fraction of sp³-hybridized carbons (Fsp3) is 0.250. The third-order valence-corrected chi connectivity index (χ3v) is 5.69. The normalized spacial score (nSPS) is 16.1.